The van der Waals surface area contributed by atoms with Gasteiger partial charge in [-0.3, -0.25) is 0 Å². The summed E-state index contributed by atoms with van der Waals surface area (Å²) in [5.41, 5.74) is 1.45. The molecule has 3 nitrogen and oxygen atoms in total. The topological polar surface area (TPSA) is 33.3 Å². The van der Waals surface area contributed by atoms with Gasteiger partial charge in [-0.2, -0.15) is 0 Å². The summed E-state index contributed by atoms with van der Waals surface area (Å²) >= 11 is 0. The quantitative estimate of drug-likeness (QED) is 0.709. The Morgan fingerprint density at radius 1 is 1.29 bits per heavy atom. The monoisotopic (exact) mass is 236 g/mol. The Hall–Kier alpha value is -1.06. The standard InChI is InChI=1S/C14H24N2O/c1-14(2,15-3)11-16-9-8-12-6-5-7-13(10-12)17-4/h5-7,10,15-16H,8-9,11H2,1-4H3. The van der Waals surface area contributed by atoms with Gasteiger partial charge in [-0.25, -0.2) is 0 Å². The second kappa shape index (κ2) is 6.62. The molecule has 0 spiro atoms. The van der Waals surface area contributed by atoms with Crippen molar-refractivity contribution in [3.8, 4) is 5.75 Å². The maximum absolute atomic E-state index is 5.20. The van der Waals surface area contributed by atoms with Gasteiger partial charge in [0.05, 0.1) is 7.11 Å². The number of methoxy groups -OCH3 is 1. The smallest absolute Gasteiger partial charge is 0.119 e. The zero-order chi connectivity index (χ0) is 12.7. The highest BCUT2D eigenvalue weighted by Gasteiger charge is 2.12. The van der Waals surface area contributed by atoms with E-state index < -0.39 is 0 Å². The number of nitrogens with one attached hydrogen (secondary N) is 2. The maximum atomic E-state index is 5.20. The van der Waals surface area contributed by atoms with Crippen molar-refractivity contribution in [3.05, 3.63) is 29.8 Å². The van der Waals surface area contributed by atoms with Crippen molar-refractivity contribution in [2.75, 3.05) is 27.2 Å². The molecular weight excluding hydrogens is 212 g/mol. The van der Waals surface area contributed by atoms with E-state index in [1.54, 1.807) is 7.11 Å². The molecule has 0 atom stereocenters. The van der Waals surface area contributed by atoms with Crippen LogP contribution < -0.4 is 15.4 Å². The molecule has 1 aromatic rings. The van der Waals surface area contributed by atoms with Gasteiger partial charge >= 0.3 is 0 Å². The highest BCUT2D eigenvalue weighted by atomic mass is 16.5. The Labute approximate surface area is 105 Å². The van der Waals surface area contributed by atoms with Crippen LogP contribution in [0.5, 0.6) is 5.75 Å². The maximum Gasteiger partial charge on any atom is 0.119 e. The van der Waals surface area contributed by atoms with E-state index in [2.05, 4.69) is 36.6 Å². The predicted octanol–water partition coefficient (Wildman–Crippen LogP) is 1.83. The minimum Gasteiger partial charge on any atom is -0.497 e. The van der Waals surface area contributed by atoms with Crippen LogP contribution in [0.3, 0.4) is 0 Å². The summed E-state index contributed by atoms with van der Waals surface area (Å²) < 4.78 is 5.20. The number of hydrogen-bond donors (Lipinski definition) is 2. The molecule has 0 aliphatic rings. The van der Waals surface area contributed by atoms with E-state index in [-0.39, 0.29) is 5.54 Å². The van der Waals surface area contributed by atoms with Crippen LogP contribution in [0, 0.1) is 0 Å². The highest BCUT2D eigenvalue weighted by molar-refractivity contribution is 5.28. The molecule has 0 radical (unpaired) electrons. The lowest BCUT2D eigenvalue weighted by molar-refractivity contribution is 0.395. The van der Waals surface area contributed by atoms with E-state index in [1.807, 2.05) is 19.2 Å². The zero-order valence-corrected chi connectivity index (χ0v) is 11.3. The predicted molar refractivity (Wildman–Crippen MR) is 72.7 cm³/mol. The zero-order valence-electron chi connectivity index (χ0n) is 11.3. The van der Waals surface area contributed by atoms with Crippen LogP contribution in [0.1, 0.15) is 19.4 Å². The molecule has 2 N–H and O–H groups in total. The minimum absolute atomic E-state index is 0.147. The van der Waals surface area contributed by atoms with Crippen LogP contribution in [0.15, 0.2) is 24.3 Å². The van der Waals surface area contributed by atoms with Crippen molar-refractivity contribution >= 4 is 0 Å². The lowest BCUT2D eigenvalue weighted by atomic mass is 10.1. The van der Waals surface area contributed by atoms with Crippen molar-refractivity contribution in [1.29, 1.82) is 0 Å². The third kappa shape index (κ3) is 5.20. The second-order valence-corrected chi connectivity index (χ2v) is 4.91. The average Bonchev–Trinajstić information content (AvgIpc) is 2.35. The molecule has 0 fully saturated rings. The van der Waals surface area contributed by atoms with Gasteiger partial charge in [0, 0.05) is 12.1 Å². The molecule has 0 heterocycles. The number of hydrogen-bond acceptors (Lipinski definition) is 3. The van der Waals surface area contributed by atoms with Crippen LogP contribution >= 0.6 is 0 Å². The molecule has 0 unspecified atom stereocenters. The minimum atomic E-state index is 0.147. The summed E-state index contributed by atoms with van der Waals surface area (Å²) in [5, 5.41) is 6.73. The van der Waals surface area contributed by atoms with Gasteiger partial charge in [0.15, 0.2) is 0 Å². The molecule has 0 saturated carbocycles. The third-order valence-corrected chi connectivity index (χ3v) is 2.97. The fourth-order valence-electron chi connectivity index (χ4n) is 1.55. The van der Waals surface area contributed by atoms with Crippen molar-refractivity contribution in [3.63, 3.8) is 0 Å². The summed E-state index contributed by atoms with van der Waals surface area (Å²) in [6, 6.07) is 8.23. The van der Waals surface area contributed by atoms with E-state index in [0.717, 1.165) is 25.3 Å². The molecule has 96 valence electrons. The summed E-state index contributed by atoms with van der Waals surface area (Å²) in [5.74, 6) is 0.929. The number of rotatable bonds is 7. The number of benzene rings is 1. The van der Waals surface area contributed by atoms with Crippen molar-refractivity contribution in [2.45, 2.75) is 25.8 Å². The molecule has 1 rings (SSSR count). The third-order valence-electron chi connectivity index (χ3n) is 2.97. The molecule has 0 amide bonds. The molecule has 0 aliphatic carbocycles. The van der Waals surface area contributed by atoms with E-state index in [9.17, 15) is 0 Å². The van der Waals surface area contributed by atoms with Gasteiger partial charge < -0.3 is 15.4 Å². The van der Waals surface area contributed by atoms with Crippen LogP contribution in [-0.2, 0) is 6.42 Å². The first-order valence-corrected chi connectivity index (χ1v) is 6.10. The molecule has 0 aromatic heterocycles. The Morgan fingerprint density at radius 2 is 2.06 bits per heavy atom. The summed E-state index contributed by atoms with van der Waals surface area (Å²) in [6.45, 7) is 6.32. The van der Waals surface area contributed by atoms with Crippen LogP contribution in [0.2, 0.25) is 0 Å². The Morgan fingerprint density at radius 3 is 2.71 bits per heavy atom. The van der Waals surface area contributed by atoms with Gasteiger partial charge in [0.2, 0.25) is 0 Å². The summed E-state index contributed by atoms with van der Waals surface area (Å²) in [7, 11) is 3.69. The Kier molecular flexibility index (Phi) is 5.45. The van der Waals surface area contributed by atoms with E-state index in [4.69, 9.17) is 4.74 Å². The first-order chi connectivity index (χ1) is 8.07. The highest BCUT2D eigenvalue weighted by Crippen LogP contribution is 2.12. The first kappa shape index (κ1) is 14.0. The average molecular weight is 236 g/mol. The number of ether oxygens (including phenoxy) is 1. The van der Waals surface area contributed by atoms with Crippen molar-refractivity contribution in [2.24, 2.45) is 0 Å². The Balaban J connectivity index is 2.31. The summed E-state index contributed by atoms with van der Waals surface area (Å²) in [4.78, 5) is 0. The lowest BCUT2D eigenvalue weighted by Crippen LogP contribution is -2.46. The normalized spacial score (nSPS) is 11.5. The van der Waals surface area contributed by atoms with Gasteiger partial charge in [-0.05, 0) is 51.6 Å². The van der Waals surface area contributed by atoms with Gasteiger partial charge in [-0.1, -0.05) is 12.1 Å². The van der Waals surface area contributed by atoms with Crippen LogP contribution in [0.4, 0.5) is 0 Å². The largest absolute Gasteiger partial charge is 0.497 e. The molecule has 0 aliphatic heterocycles. The van der Waals surface area contributed by atoms with Crippen molar-refractivity contribution < 1.29 is 4.74 Å². The van der Waals surface area contributed by atoms with Crippen molar-refractivity contribution in [1.82, 2.24) is 10.6 Å². The fourth-order valence-corrected chi connectivity index (χ4v) is 1.55. The van der Waals surface area contributed by atoms with Gasteiger partial charge in [0.1, 0.15) is 5.75 Å². The van der Waals surface area contributed by atoms with Gasteiger partial charge in [-0.15, -0.1) is 0 Å². The molecule has 3 heteroatoms. The molecular formula is C14H24N2O. The van der Waals surface area contributed by atoms with Crippen LogP contribution in [-0.4, -0.2) is 32.8 Å². The first-order valence-electron chi connectivity index (χ1n) is 6.10. The Bertz CT molecular complexity index is 337. The SMILES string of the molecule is CNC(C)(C)CNCCc1cccc(OC)c1. The van der Waals surface area contributed by atoms with E-state index in [1.165, 1.54) is 5.56 Å². The fraction of sp³-hybridized carbons (Fsp3) is 0.571. The molecule has 0 bridgehead atoms. The van der Waals surface area contributed by atoms with Gasteiger partial charge in [0.25, 0.3) is 0 Å². The lowest BCUT2D eigenvalue weighted by Gasteiger charge is -2.24. The summed E-state index contributed by atoms with van der Waals surface area (Å²) in [6.07, 6.45) is 1.02. The van der Waals surface area contributed by atoms with Crippen LogP contribution in [0.25, 0.3) is 0 Å². The van der Waals surface area contributed by atoms with E-state index in [0.29, 0.717) is 0 Å². The molecule has 0 saturated heterocycles. The second-order valence-electron chi connectivity index (χ2n) is 4.91. The molecule has 1 aromatic carbocycles. The number of likely N-dealkylation sites (N-methyl/N-ethyl adjacent to an activating group) is 1. The molecule has 17 heavy (non-hydrogen) atoms. The van der Waals surface area contributed by atoms with E-state index >= 15 is 0 Å².